The SMILES string of the molecule is O=[N+]([O-])c1cc(F)ccc1NCC1CC2CCC1C2. The Morgan fingerprint density at radius 1 is 1.37 bits per heavy atom. The number of benzene rings is 1. The van der Waals surface area contributed by atoms with Crippen molar-refractivity contribution in [1.82, 2.24) is 0 Å². The number of anilines is 1. The number of halogens is 1. The molecule has 0 aliphatic heterocycles. The smallest absolute Gasteiger partial charge is 0.295 e. The number of nitrogens with zero attached hydrogens (tertiary/aromatic N) is 1. The average Bonchev–Trinajstić information content (AvgIpc) is 2.99. The van der Waals surface area contributed by atoms with Crippen molar-refractivity contribution in [3.8, 4) is 0 Å². The van der Waals surface area contributed by atoms with Crippen LogP contribution in [0, 0.1) is 33.7 Å². The second kappa shape index (κ2) is 4.79. The fourth-order valence-electron chi connectivity index (χ4n) is 3.67. The number of rotatable bonds is 4. The molecule has 4 nitrogen and oxygen atoms in total. The first-order chi connectivity index (χ1) is 9.13. The summed E-state index contributed by atoms with van der Waals surface area (Å²) in [6.07, 6.45) is 5.19. The van der Waals surface area contributed by atoms with Crippen molar-refractivity contribution < 1.29 is 9.31 Å². The Morgan fingerprint density at radius 3 is 2.84 bits per heavy atom. The van der Waals surface area contributed by atoms with Crippen LogP contribution < -0.4 is 5.32 Å². The van der Waals surface area contributed by atoms with Gasteiger partial charge in [0.25, 0.3) is 5.69 Å². The normalized spacial score (nSPS) is 28.6. The molecule has 2 saturated carbocycles. The molecule has 3 unspecified atom stereocenters. The third-order valence-electron chi connectivity index (χ3n) is 4.60. The minimum Gasteiger partial charge on any atom is -0.379 e. The van der Waals surface area contributed by atoms with Crippen LogP contribution in [0.2, 0.25) is 0 Å². The molecule has 1 aromatic carbocycles. The lowest BCUT2D eigenvalue weighted by Gasteiger charge is -2.22. The highest BCUT2D eigenvalue weighted by Gasteiger charge is 2.39. The van der Waals surface area contributed by atoms with Gasteiger partial charge in [-0.05, 0) is 49.1 Å². The number of nitrogens with one attached hydrogen (secondary N) is 1. The van der Waals surface area contributed by atoms with Crippen molar-refractivity contribution in [3.63, 3.8) is 0 Å². The predicted molar refractivity (Wildman–Crippen MR) is 70.5 cm³/mol. The summed E-state index contributed by atoms with van der Waals surface area (Å²) < 4.78 is 13.0. The van der Waals surface area contributed by atoms with Gasteiger partial charge in [0.05, 0.1) is 11.0 Å². The molecule has 19 heavy (non-hydrogen) atoms. The number of nitro groups is 1. The topological polar surface area (TPSA) is 55.2 Å². The lowest BCUT2D eigenvalue weighted by molar-refractivity contribution is -0.384. The lowest BCUT2D eigenvalue weighted by Crippen LogP contribution is -2.20. The van der Waals surface area contributed by atoms with Crippen molar-refractivity contribution in [1.29, 1.82) is 0 Å². The van der Waals surface area contributed by atoms with Crippen LogP contribution in [0.3, 0.4) is 0 Å². The minimum atomic E-state index is -0.572. The zero-order valence-electron chi connectivity index (χ0n) is 10.6. The molecule has 0 spiro atoms. The Bertz CT molecular complexity index is 506. The summed E-state index contributed by atoms with van der Waals surface area (Å²) in [5, 5.41) is 14.0. The van der Waals surface area contributed by atoms with E-state index in [0.717, 1.165) is 24.4 Å². The van der Waals surface area contributed by atoms with Crippen molar-refractivity contribution in [3.05, 3.63) is 34.1 Å². The van der Waals surface area contributed by atoms with E-state index in [1.54, 1.807) is 0 Å². The zero-order chi connectivity index (χ0) is 13.4. The van der Waals surface area contributed by atoms with Crippen molar-refractivity contribution in [2.24, 2.45) is 17.8 Å². The van der Waals surface area contributed by atoms with E-state index in [1.165, 1.54) is 37.8 Å². The van der Waals surface area contributed by atoms with Crippen LogP contribution >= 0.6 is 0 Å². The zero-order valence-corrected chi connectivity index (χ0v) is 10.6. The Balaban J connectivity index is 1.68. The van der Waals surface area contributed by atoms with Gasteiger partial charge >= 0.3 is 0 Å². The molecule has 5 heteroatoms. The maximum Gasteiger partial charge on any atom is 0.295 e. The van der Waals surface area contributed by atoms with Crippen molar-refractivity contribution >= 4 is 11.4 Å². The molecule has 3 atom stereocenters. The molecule has 0 aromatic heterocycles. The summed E-state index contributed by atoms with van der Waals surface area (Å²) >= 11 is 0. The molecule has 102 valence electrons. The fourth-order valence-corrected chi connectivity index (χ4v) is 3.67. The molecule has 1 aromatic rings. The molecular formula is C14H17FN2O2. The van der Waals surface area contributed by atoms with Crippen LogP contribution in [-0.2, 0) is 0 Å². The van der Waals surface area contributed by atoms with Gasteiger partial charge in [0, 0.05) is 6.54 Å². The molecule has 2 fully saturated rings. The van der Waals surface area contributed by atoms with Crippen molar-refractivity contribution in [2.75, 3.05) is 11.9 Å². The molecule has 1 N–H and O–H groups in total. The maximum absolute atomic E-state index is 13.0. The van der Waals surface area contributed by atoms with Crippen LogP contribution in [-0.4, -0.2) is 11.5 Å². The van der Waals surface area contributed by atoms with Gasteiger partial charge in [-0.25, -0.2) is 4.39 Å². The monoisotopic (exact) mass is 264 g/mol. The van der Waals surface area contributed by atoms with E-state index in [-0.39, 0.29) is 5.69 Å². The third kappa shape index (κ3) is 2.41. The van der Waals surface area contributed by atoms with Crippen LogP contribution in [0.1, 0.15) is 25.7 Å². The van der Waals surface area contributed by atoms with E-state index >= 15 is 0 Å². The highest BCUT2D eigenvalue weighted by Crippen LogP contribution is 2.48. The van der Waals surface area contributed by atoms with E-state index in [2.05, 4.69) is 5.32 Å². The molecule has 0 saturated heterocycles. The molecule has 0 radical (unpaired) electrons. The van der Waals surface area contributed by atoms with Gasteiger partial charge in [-0.2, -0.15) is 0 Å². The Labute approximate surface area is 111 Å². The number of fused-ring (bicyclic) bond motifs is 2. The first-order valence-electron chi connectivity index (χ1n) is 6.81. The largest absolute Gasteiger partial charge is 0.379 e. The third-order valence-corrected chi connectivity index (χ3v) is 4.60. The van der Waals surface area contributed by atoms with Gasteiger partial charge in [-0.15, -0.1) is 0 Å². The number of hydrogen-bond donors (Lipinski definition) is 1. The first-order valence-corrected chi connectivity index (χ1v) is 6.81. The van der Waals surface area contributed by atoms with Crippen LogP contribution in [0.25, 0.3) is 0 Å². The number of hydrogen-bond acceptors (Lipinski definition) is 3. The predicted octanol–water partition coefficient (Wildman–Crippen LogP) is 3.58. The Kier molecular flexibility index (Phi) is 3.12. The molecule has 0 heterocycles. The van der Waals surface area contributed by atoms with Gasteiger partial charge in [-0.1, -0.05) is 6.42 Å². The molecule has 0 amide bonds. The molecule has 2 bridgehead atoms. The van der Waals surface area contributed by atoms with E-state index in [4.69, 9.17) is 0 Å². The second-order valence-electron chi connectivity index (χ2n) is 5.73. The fraction of sp³-hybridized carbons (Fsp3) is 0.571. The average molecular weight is 264 g/mol. The van der Waals surface area contributed by atoms with E-state index in [1.807, 2.05) is 0 Å². The summed E-state index contributed by atoms with van der Waals surface area (Å²) in [5.74, 6) is 1.68. The van der Waals surface area contributed by atoms with Crippen molar-refractivity contribution in [2.45, 2.75) is 25.7 Å². The van der Waals surface area contributed by atoms with Gasteiger partial charge < -0.3 is 5.32 Å². The summed E-state index contributed by atoms with van der Waals surface area (Å²) in [6, 6.07) is 3.69. The molecule has 3 rings (SSSR count). The van der Waals surface area contributed by atoms with Crippen LogP contribution in [0.5, 0.6) is 0 Å². The standard InChI is InChI=1S/C14H17FN2O2/c15-12-3-4-13(14(7-12)17(18)19)16-8-11-6-9-1-2-10(11)5-9/h3-4,7,9-11,16H,1-2,5-6,8H2. The highest BCUT2D eigenvalue weighted by atomic mass is 19.1. The first kappa shape index (κ1) is 12.4. The maximum atomic E-state index is 13.0. The Morgan fingerprint density at radius 2 is 2.21 bits per heavy atom. The van der Waals surface area contributed by atoms with Gasteiger partial charge in [0.15, 0.2) is 0 Å². The Hall–Kier alpha value is -1.65. The summed E-state index contributed by atoms with van der Waals surface area (Å²) in [6.45, 7) is 0.758. The number of nitro benzene ring substituents is 1. The lowest BCUT2D eigenvalue weighted by atomic mass is 9.89. The molecule has 2 aliphatic rings. The second-order valence-corrected chi connectivity index (χ2v) is 5.73. The van der Waals surface area contributed by atoms with E-state index in [0.29, 0.717) is 11.6 Å². The summed E-state index contributed by atoms with van der Waals surface area (Å²) in [7, 11) is 0. The van der Waals surface area contributed by atoms with Gasteiger partial charge in [0.1, 0.15) is 11.5 Å². The quantitative estimate of drug-likeness (QED) is 0.668. The molecular weight excluding hydrogens is 247 g/mol. The van der Waals surface area contributed by atoms with Gasteiger partial charge in [0.2, 0.25) is 0 Å². The van der Waals surface area contributed by atoms with Gasteiger partial charge in [-0.3, -0.25) is 10.1 Å². The summed E-state index contributed by atoms with van der Waals surface area (Å²) in [5.41, 5.74) is 0.248. The summed E-state index contributed by atoms with van der Waals surface area (Å²) in [4.78, 5) is 10.4. The molecule has 2 aliphatic carbocycles. The van der Waals surface area contributed by atoms with Crippen LogP contribution in [0.15, 0.2) is 18.2 Å². The highest BCUT2D eigenvalue weighted by molar-refractivity contribution is 5.61. The minimum absolute atomic E-state index is 0.178. The van der Waals surface area contributed by atoms with E-state index < -0.39 is 10.7 Å². The van der Waals surface area contributed by atoms with Crippen LogP contribution in [0.4, 0.5) is 15.8 Å². The van der Waals surface area contributed by atoms with E-state index in [9.17, 15) is 14.5 Å².